The van der Waals surface area contributed by atoms with Crippen LogP contribution >= 0.6 is 0 Å². The van der Waals surface area contributed by atoms with Gasteiger partial charge >= 0.3 is 0 Å². The maximum absolute atomic E-state index is 12.9. The Morgan fingerprint density at radius 2 is 2.00 bits per heavy atom. The SMILES string of the molecule is CCOc1ccc(C(=O)NCC2C=C3C(=O)N(C4CCC(=O)NC4=O)C(=O)C3=CC2)cn1. The minimum Gasteiger partial charge on any atom is -0.478 e. The molecule has 2 fully saturated rings. The number of likely N-dealkylation sites (tertiary alicyclic amines) is 1. The number of nitrogens with zero attached hydrogens (tertiary/aromatic N) is 2. The lowest BCUT2D eigenvalue weighted by Crippen LogP contribution is -2.54. The topological polar surface area (TPSA) is 135 Å². The zero-order chi connectivity index (χ0) is 22.8. The normalized spacial score (nSPS) is 22.7. The van der Waals surface area contributed by atoms with Gasteiger partial charge in [-0.05, 0) is 31.7 Å². The second-order valence-corrected chi connectivity index (χ2v) is 7.67. The molecule has 10 heteroatoms. The van der Waals surface area contributed by atoms with Gasteiger partial charge in [0.2, 0.25) is 17.7 Å². The Hall–Kier alpha value is -3.82. The van der Waals surface area contributed by atoms with E-state index in [1.807, 2.05) is 6.92 Å². The van der Waals surface area contributed by atoms with E-state index in [9.17, 15) is 24.0 Å². The Labute approximate surface area is 183 Å². The number of aromatic nitrogens is 1. The first-order valence-corrected chi connectivity index (χ1v) is 10.4. The average Bonchev–Trinajstić information content (AvgIpc) is 3.03. The monoisotopic (exact) mass is 438 g/mol. The first-order chi connectivity index (χ1) is 15.4. The number of pyridine rings is 1. The van der Waals surface area contributed by atoms with E-state index in [0.29, 0.717) is 24.5 Å². The molecule has 3 aliphatic rings. The molecule has 0 saturated carbocycles. The summed E-state index contributed by atoms with van der Waals surface area (Å²) in [6, 6.07) is 2.23. The van der Waals surface area contributed by atoms with Crippen molar-refractivity contribution in [1.29, 1.82) is 0 Å². The van der Waals surface area contributed by atoms with Gasteiger partial charge in [-0.1, -0.05) is 12.2 Å². The van der Waals surface area contributed by atoms with E-state index in [0.717, 1.165) is 4.90 Å². The highest BCUT2D eigenvalue weighted by Gasteiger charge is 2.47. The molecule has 166 valence electrons. The number of ether oxygens (including phenoxy) is 1. The van der Waals surface area contributed by atoms with Crippen LogP contribution < -0.4 is 15.4 Å². The number of carbonyl (C=O) groups is 5. The maximum atomic E-state index is 12.9. The molecule has 2 N–H and O–H groups in total. The molecule has 3 heterocycles. The maximum Gasteiger partial charge on any atom is 0.261 e. The van der Waals surface area contributed by atoms with Crippen LogP contribution in [0.2, 0.25) is 0 Å². The minimum absolute atomic E-state index is 0.0701. The Morgan fingerprint density at radius 1 is 1.22 bits per heavy atom. The highest BCUT2D eigenvalue weighted by atomic mass is 16.5. The van der Waals surface area contributed by atoms with Crippen LogP contribution in [-0.2, 0) is 19.2 Å². The van der Waals surface area contributed by atoms with Gasteiger partial charge in [0.15, 0.2) is 0 Å². The Morgan fingerprint density at radius 3 is 2.69 bits per heavy atom. The van der Waals surface area contributed by atoms with Crippen molar-refractivity contribution in [3.05, 3.63) is 47.2 Å². The number of hydrogen-bond acceptors (Lipinski definition) is 7. The fourth-order valence-corrected chi connectivity index (χ4v) is 3.94. The molecule has 2 aliphatic heterocycles. The van der Waals surface area contributed by atoms with Crippen molar-refractivity contribution in [3.63, 3.8) is 0 Å². The van der Waals surface area contributed by atoms with Crippen molar-refractivity contribution in [2.45, 2.75) is 32.2 Å². The van der Waals surface area contributed by atoms with Crippen molar-refractivity contribution in [3.8, 4) is 5.88 Å². The lowest BCUT2D eigenvalue weighted by molar-refractivity contribution is -0.149. The van der Waals surface area contributed by atoms with Crippen molar-refractivity contribution in [1.82, 2.24) is 20.5 Å². The van der Waals surface area contributed by atoms with Crippen LogP contribution in [0.25, 0.3) is 0 Å². The van der Waals surface area contributed by atoms with Gasteiger partial charge in [0.25, 0.3) is 17.7 Å². The lowest BCUT2D eigenvalue weighted by atomic mass is 9.91. The highest BCUT2D eigenvalue weighted by molar-refractivity contribution is 6.26. The third kappa shape index (κ3) is 4.03. The molecule has 4 rings (SSSR count). The molecule has 5 amide bonds. The number of carbonyl (C=O) groups excluding carboxylic acids is 5. The smallest absolute Gasteiger partial charge is 0.261 e. The van der Waals surface area contributed by atoms with Gasteiger partial charge in [0.1, 0.15) is 6.04 Å². The second kappa shape index (κ2) is 8.74. The van der Waals surface area contributed by atoms with Crippen LogP contribution in [0.1, 0.15) is 36.5 Å². The summed E-state index contributed by atoms with van der Waals surface area (Å²) in [5.74, 6) is -2.21. The van der Waals surface area contributed by atoms with E-state index in [2.05, 4.69) is 15.6 Å². The molecule has 0 bridgehead atoms. The summed E-state index contributed by atoms with van der Waals surface area (Å²) >= 11 is 0. The quantitative estimate of drug-likeness (QED) is 0.608. The van der Waals surface area contributed by atoms with E-state index in [1.54, 1.807) is 24.3 Å². The number of imide groups is 2. The van der Waals surface area contributed by atoms with Gasteiger partial charge in [-0.15, -0.1) is 0 Å². The second-order valence-electron chi connectivity index (χ2n) is 7.67. The van der Waals surface area contributed by atoms with E-state index in [-0.39, 0.29) is 42.4 Å². The molecule has 2 unspecified atom stereocenters. The summed E-state index contributed by atoms with van der Waals surface area (Å²) in [7, 11) is 0. The van der Waals surface area contributed by atoms with Gasteiger partial charge < -0.3 is 10.1 Å². The number of hydrogen-bond donors (Lipinski definition) is 2. The van der Waals surface area contributed by atoms with Gasteiger partial charge in [0.05, 0.1) is 12.2 Å². The number of rotatable bonds is 6. The van der Waals surface area contributed by atoms with Gasteiger partial charge in [0, 0.05) is 36.4 Å². The molecule has 10 nitrogen and oxygen atoms in total. The number of fused-ring (bicyclic) bond motifs is 1. The van der Waals surface area contributed by atoms with E-state index in [1.165, 1.54) is 6.20 Å². The first-order valence-electron chi connectivity index (χ1n) is 10.4. The fraction of sp³-hybridized carbons (Fsp3) is 0.364. The summed E-state index contributed by atoms with van der Waals surface area (Å²) in [4.78, 5) is 66.6. The van der Waals surface area contributed by atoms with Crippen LogP contribution in [0.15, 0.2) is 41.6 Å². The minimum atomic E-state index is -0.995. The Bertz CT molecular complexity index is 1060. The predicted molar refractivity (Wildman–Crippen MR) is 110 cm³/mol. The first kappa shape index (κ1) is 21.4. The van der Waals surface area contributed by atoms with Crippen LogP contribution in [0.3, 0.4) is 0 Å². The van der Waals surface area contributed by atoms with E-state index >= 15 is 0 Å². The third-order valence-electron chi connectivity index (χ3n) is 5.55. The zero-order valence-corrected chi connectivity index (χ0v) is 17.4. The van der Waals surface area contributed by atoms with Crippen molar-refractivity contribution < 1.29 is 28.7 Å². The van der Waals surface area contributed by atoms with Gasteiger partial charge in [-0.25, -0.2) is 4.98 Å². The summed E-state index contributed by atoms with van der Waals surface area (Å²) in [5, 5.41) is 4.98. The Balaban J connectivity index is 1.41. The largest absolute Gasteiger partial charge is 0.478 e. The van der Waals surface area contributed by atoms with Gasteiger partial charge in [-0.3, -0.25) is 34.2 Å². The predicted octanol–water partition coefficient (Wildman–Crippen LogP) is 0.257. The third-order valence-corrected chi connectivity index (χ3v) is 5.55. The molecule has 0 radical (unpaired) electrons. The molecular weight excluding hydrogens is 416 g/mol. The fourth-order valence-electron chi connectivity index (χ4n) is 3.94. The van der Waals surface area contributed by atoms with Crippen LogP contribution in [0.5, 0.6) is 5.88 Å². The van der Waals surface area contributed by atoms with E-state index in [4.69, 9.17) is 4.74 Å². The van der Waals surface area contributed by atoms with Crippen molar-refractivity contribution >= 4 is 29.5 Å². The number of nitrogens with one attached hydrogen (secondary N) is 2. The summed E-state index contributed by atoms with van der Waals surface area (Å²) in [5.41, 5.74) is 0.871. The number of amides is 5. The van der Waals surface area contributed by atoms with Crippen molar-refractivity contribution in [2.24, 2.45) is 5.92 Å². The van der Waals surface area contributed by atoms with E-state index < -0.39 is 29.7 Å². The Kier molecular flexibility index (Phi) is 5.85. The number of piperidine rings is 1. The summed E-state index contributed by atoms with van der Waals surface area (Å²) in [6.45, 7) is 2.58. The molecule has 0 spiro atoms. The summed E-state index contributed by atoms with van der Waals surface area (Å²) < 4.78 is 5.26. The molecule has 2 atom stereocenters. The molecule has 1 aromatic heterocycles. The molecule has 32 heavy (non-hydrogen) atoms. The van der Waals surface area contributed by atoms with Crippen molar-refractivity contribution in [2.75, 3.05) is 13.2 Å². The zero-order valence-electron chi connectivity index (χ0n) is 17.4. The number of allylic oxidation sites excluding steroid dienone is 1. The molecule has 2 saturated heterocycles. The van der Waals surface area contributed by atoms with Gasteiger partial charge in [-0.2, -0.15) is 0 Å². The standard InChI is InChI=1S/C22H22N4O6/c1-2-32-18-8-4-13(11-23-18)19(28)24-10-12-3-5-14-15(9-12)22(31)26(21(14)30)16-6-7-17(27)25-20(16)29/h4-5,8-9,11-12,16H,2-3,6-7,10H2,1H3,(H,24,28)(H,25,27,29). The molecule has 1 aromatic rings. The highest BCUT2D eigenvalue weighted by Crippen LogP contribution is 2.34. The molecular formula is C22H22N4O6. The lowest BCUT2D eigenvalue weighted by Gasteiger charge is -2.27. The van der Waals surface area contributed by atoms with Crippen LogP contribution in [0, 0.1) is 5.92 Å². The molecule has 1 aliphatic carbocycles. The summed E-state index contributed by atoms with van der Waals surface area (Å²) in [6.07, 6.45) is 5.39. The average molecular weight is 438 g/mol. The molecule has 0 aromatic carbocycles. The van der Waals surface area contributed by atoms with Crippen LogP contribution in [-0.4, -0.2) is 58.6 Å². The van der Waals surface area contributed by atoms with Crippen LogP contribution in [0.4, 0.5) is 0 Å².